The standard InChI is InChI=1S/C16H19N5O2/c1-21-11-13(10-17)15(20-21)19-16(23)18-14(8-5-9-22)12-6-3-2-4-7-12/h2-4,6-7,11,14,22H,5,8-9H2,1H3,(H2,18,19,20,23)/t14-/m0/s1. The number of aryl methyl sites for hydroxylation is 1. The Labute approximate surface area is 134 Å². The summed E-state index contributed by atoms with van der Waals surface area (Å²) in [4.78, 5) is 12.2. The van der Waals surface area contributed by atoms with Gasteiger partial charge in [0.25, 0.3) is 0 Å². The van der Waals surface area contributed by atoms with E-state index >= 15 is 0 Å². The van der Waals surface area contributed by atoms with Crippen molar-refractivity contribution in [2.24, 2.45) is 7.05 Å². The Kier molecular flexibility index (Phi) is 5.72. The SMILES string of the molecule is Cn1cc(C#N)c(NC(=O)N[C@@H](CCCO)c2ccccc2)n1. The van der Waals surface area contributed by atoms with E-state index in [4.69, 9.17) is 10.4 Å². The first-order valence-electron chi connectivity index (χ1n) is 7.31. The second-order valence-electron chi connectivity index (χ2n) is 5.10. The highest BCUT2D eigenvalue weighted by Gasteiger charge is 2.16. The maximum atomic E-state index is 12.2. The monoisotopic (exact) mass is 313 g/mol. The van der Waals surface area contributed by atoms with Crippen molar-refractivity contribution in [1.82, 2.24) is 15.1 Å². The summed E-state index contributed by atoms with van der Waals surface area (Å²) >= 11 is 0. The lowest BCUT2D eigenvalue weighted by Crippen LogP contribution is -2.33. The Morgan fingerprint density at radius 2 is 2.17 bits per heavy atom. The van der Waals surface area contributed by atoms with Gasteiger partial charge in [0.2, 0.25) is 0 Å². The van der Waals surface area contributed by atoms with Crippen LogP contribution < -0.4 is 10.6 Å². The molecule has 0 radical (unpaired) electrons. The van der Waals surface area contributed by atoms with Gasteiger partial charge in [-0.3, -0.25) is 10.00 Å². The number of carbonyl (C=O) groups is 1. The van der Waals surface area contributed by atoms with Gasteiger partial charge < -0.3 is 10.4 Å². The second kappa shape index (κ2) is 7.96. The Balaban J connectivity index is 2.07. The number of nitrogens with zero attached hydrogens (tertiary/aromatic N) is 3. The summed E-state index contributed by atoms with van der Waals surface area (Å²) in [7, 11) is 1.68. The fraction of sp³-hybridized carbons (Fsp3) is 0.312. The summed E-state index contributed by atoms with van der Waals surface area (Å²) in [5.41, 5.74) is 1.26. The second-order valence-corrected chi connectivity index (χ2v) is 5.10. The first-order chi connectivity index (χ1) is 11.1. The quantitative estimate of drug-likeness (QED) is 0.758. The number of benzene rings is 1. The van der Waals surface area contributed by atoms with Crippen LogP contribution in [-0.4, -0.2) is 27.5 Å². The Morgan fingerprint density at radius 3 is 2.83 bits per heavy atom. The Bertz CT molecular complexity index is 690. The van der Waals surface area contributed by atoms with E-state index in [1.54, 1.807) is 7.05 Å². The van der Waals surface area contributed by atoms with Crippen LogP contribution in [0.3, 0.4) is 0 Å². The Morgan fingerprint density at radius 1 is 1.43 bits per heavy atom. The van der Waals surface area contributed by atoms with E-state index in [2.05, 4.69) is 15.7 Å². The maximum absolute atomic E-state index is 12.2. The molecule has 1 atom stereocenters. The van der Waals surface area contributed by atoms with Crippen LogP contribution in [0.1, 0.15) is 30.0 Å². The van der Waals surface area contributed by atoms with Gasteiger partial charge in [-0.1, -0.05) is 30.3 Å². The van der Waals surface area contributed by atoms with Crippen LogP contribution in [0.15, 0.2) is 36.5 Å². The molecule has 1 heterocycles. The van der Waals surface area contributed by atoms with Crippen molar-refractivity contribution < 1.29 is 9.90 Å². The molecule has 2 aromatic rings. The highest BCUT2D eigenvalue weighted by Crippen LogP contribution is 2.18. The average molecular weight is 313 g/mol. The first kappa shape index (κ1) is 16.5. The third-order valence-electron chi connectivity index (χ3n) is 3.34. The van der Waals surface area contributed by atoms with Gasteiger partial charge in [-0.05, 0) is 18.4 Å². The molecule has 0 aliphatic rings. The number of aliphatic hydroxyl groups is 1. The van der Waals surface area contributed by atoms with Crippen molar-refractivity contribution in [3.63, 3.8) is 0 Å². The molecule has 23 heavy (non-hydrogen) atoms. The lowest BCUT2D eigenvalue weighted by molar-refractivity contribution is 0.243. The van der Waals surface area contributed by atoms with Crippen molar-refractivity contribution in [3.8, 4) is 6.07 Å². The van der Waals surface area contributed by atoms with Gasteiger partial charge in [-0.15, -0.1) is 0 Å². The predicted octanol–water partition coefficient (Wildman–Crippen LogP) is 1.93. The number of rotatable bonds is 6. The highest BCUT2D eigenvalue weighted by molar-refractivity contribution is 5.89. The van der Waals surface area contributed by atoms with Crippen molar-refractivity contribution in [2.75, 3.05) is 11.9 Å². The van der Waals surface area contributed by atoms with Gasteiger partial charge in [0.05, 0.1) is 6.04 Å². The van der Waals surface area contributed by atoms with Gasteiger partial charge in [-0.25, -0.2) is 4.79 Å². The summed E-state index contributed by atoms with van der Waals surface area (Å²) in [6.07, 6.45) is 2.73. The van der Waals surface area contributed by atoms with E-state index < -0.39 is 6.03 Å². The number of amides is 2. The molecule has 0 bridgehead atoms. The molecule has 1 aromatic heterocycles. The minimum Gasteiger partial charge on any atom is -0.396 e. The summed E-state index contributed by atoms with van der Waals surface area (Å²) in [6.45, 7) is 0.0610. The highest BCUT2D eigenvalue weighted by atomic mass is 16.3. The van der Waals surface area contributed by atoms with Crippen LogP contribution >= 0.6 is 0 Å². The zero-order valence-corrected chi connectivity index (χ0v) is 12.9. The lowest BCUT2D eigenvalue weighted by atomic mass is 10.0. The number of hydrogen-bond acceptors (Lipinski definition) is 4. The van der Waals surface area contributed by atoms with E-state index in [0.717, 1.165) is 5.56 Å². The molecule has 0 saturated carbocycles. The van der Waals surface area contributed by atoms with E-state index in [0.29, 0.717) is 18.4 Å². The number of hydrogen-bond donors (Lipinski definition) is 3. The van der Waals surface area contributed by atoms with E-state index in [1.807, 2.05) is 36.4 Å². The largest absolute Gasteiger partial charge is 0.396 e. The smallest absolute Gasteiger partial charge is 0.320 e. The average Bonchev–Trinajstić information content (AvgIpc) is 2.91. The molecule has 1 aromatic carbocycles. The number of urea groups is 1. The van der Waals surface area contributed by atoms with Crippen LogP contribution in [-0.2, 0) is 7.05 Å². The molecule has 0 saturated heterocycles. The van der Waals surface area contributed by atoms with E-state index in [-0.39, 0.29) is 18.5 Å². The van der Waals surface area contributed by atoms with Crippen LogP contribution in [0, 0.1) is 11.3 Å². The van der Waals surface area contributed by atoms with Crippen molar-refractivity contribution in [1.29, 1.82) is 5.26 Å². The Hall–Kier alpha value is -2.85. The molecule has 120 valence electrons. The number of aliphatic hydroxyl groups excluding tert-OH is 1. The number of nitriles is 1. The molecule has 2 amide bonds. The van der Waals surface area contributed by atoms with Crippen LogP contribution in [0.25, 0.3) is 0 Å². The molecule has 2 rings (SSSR count). The van der Waals surface area contributed by atoms with E-state index in [1.165, 1.54) is 10.9 Å². The van der Waals surface area contributed by atoms with Crippen LogP contribution in [0.2, 0.25) is 0 Å². The van der Waals surface area contributed by atoms with Gasteiger partial charge in [0.1, 0.15) is 11.6 Å². The van der Waals surface area contributed by atoms with Gasteiger partial charge in [-0.2, -0.15) is 10.4 Å². The van der Waals surface area contributed by atoms with Crippen LogP contribution in [0.5, 0.6) is 0 Å². The van der Waals surface area contributed by atoms with Crippen molar-refractivity contribution in [3.05, 3.63) is 47.7 Å². The summed E-state index contributed by atoms with van der Waals surface area (Å²) in [5.74, 6) is 0.224. The molecule has 7 nitrogen and oxygen atoms in total. The maximum Gasteiger partial charge on any atom is 0.320 e. The number of nitrogens with one attached hydrogen (secondary N) is 2. The summed E-state index contributed by atoms with van der Waals surface area (Å²) in [5, 5.41) is 27.5. The van der Waals surface area contributed by atoms with Gasteiger partial charge >= 0.3 is 6.03 Å². The minimum absolute atomic E-state index is 0.0610. The summed E-state index contributed by atoms with van der Waals surface area (Å²) in [6, 6.07) is 10.9. The fourth-order valence-electron chi connectivity index (χ4n) is 2.27. The summed E-state index contributed by atoms with van der Waals surface area (Å²) < 4.78 is 1.47. The molecule has 0 spiro atoms. The molecule has 3 N–H and O–H groups in total. The predicted molar refractivity (Wildman–Crippen MR) is 85.6 cm³/mol. The van der Waals surface area contributed by atoms with Crippen molar-refractivity contribution >= 4 is 11.8 Å². The number of carbonyl (C=O) groups excluding carboxylic acids is 1. The molecular weight excluding hydrogens is 294 g/mol. The van der Waals surface area contributed by atoms with Crippen LogP contribution in [0.4, 0.5) is 10.6 Å². The number of anilines is 1. The molecule has 7 heteroatoms. The third kappa shape index (κ3) is 4.56. The first-order valence-corrected chi connectivity index (χ1v) is 7.31. The van der Waals surface area contributed by atoms with Gasteiger partial charge in [0.15, 0.2) is 5.82 Å². The molecule has 0 aliphatic carbocycles. The zero-order chi connectivity index (χ0) is 16.7. The third-order valence-corrected chi connectivity index (χ3v) is 3.34. The zero-order valence-electron chi connectivity index (χ0n) is 12.9. The minimum atomic E-state index is -0.438. The lowest BCUT2D eigenvalue weighted by Gasteiger charge is -2.19. The normalized spacial score (nSPS) is 11.5. The molecule has 0 unspecified atom stereocenters. The van der Waals surface area contributed by atoms with E-state index in [9.17, 15) is 4.79 Å². The number of aromatic nitrogens is 2. The van der Waals surface area contributed by atoms with Gasteiger partial charge in [0, 0.05) is 19.9 Å². The van der Waals surface area contributed by atoms with Crippen molar-refractivity contribution in [2.45, 2.75) is 18.9 Å². The fourth-order valence-corrected chi connectivity index (χ4v) is 2.27. The molecular formula is C16H19N5O2. The molecule has 0 aliphatic heterocycles. The topological polar surface area (TPSA) is 103 Å². The molecule has 0 fully saturated rings.